The Morgan fingerprint density at radius 2 is 1.66 bits per heavy atom. The molecule has 192 valence electrons. The summed E-state index contributed by atoms with van der Waals surface area (Å²) in [6.45, 7) is -2.14. The highest BCUT2D eigenvalue weighted by Crippen LogP contribution is 2.33. The summed E-state index contributed by atoms with van der Waals surface area (Å²) in [5, 5.41) is 0. The molecule has 1 fully saturated rings. The third-order valence-corrected chi connectivity index (χ3v) is 6.54. The van der Waals surface area contributed by atoms with Crippen molar-refractivity contribution in [1.29, 1.82) is 0 Å². The SMILES string of the molecule is CS(=O)(=O)c1ccc(OC(CF)CF)c(C(=O)N2CCN(c3ccc(C(F)(F)F)cc3F)CC2)c1. The first-order valence-corrected chi connectivity index (χ1v) is 12.3. The van der Waals surface area contributed by atoms with E-state index in [1.54, 1.807) is 0 Å². The second-order valence-electron chi connectivity index (χ2n) is 7.92. The second kappa shape index (κ2) is 10.3. The number of hydrogen-bond donors (Lipinski definition) is 0. The Hall–Kier alpha value is -2.96. The summed E-state index contributed by atoms with van der Waals surface area (Å²) in [4.78, 5) is 15.8. The van der Waals surface area contributed by atoms with Crippen molar-refractivity contribution in [2.45, 2.75) is 17.2 Å². The molecule has 2 aromatic rings. The van der Waals surface area contributed by atoms with Gasteiger partial charge in [0.2, 0.25) is 0 Å². The summed E-state index contributed by atoms with van der Waals surface area (Å²) in [6.07, 6.45) is -5.24. The van der Waals surface area contributed by atoms with E-state index in [9.17, 15) is 39.6 Å². The topological polar surface area (TPSA) is 66.9 Å². The van der Waals surface area contributed by atoms with Gasteiger partial charge in [0, 0.05) is 32.4 Å². The van der Waals surface area contributed by atoms with Gasteiger partial charge in [0.05, 0.1) is 21.7 Å². The van der Waals surface area contributed by atoms with Crippen molar-refractivity contribution in [2.24, 2.45) is 0 Å². The minimum Gasteiger partial charge on any atom is -0.484 e. The Kier molecular flexibility index (Phi) is 7.87. The van der Waals surface area contributed by atoms with Gasteiger partial charge in [-0.05, 0) is 36.4 Å². The van der Waals surface area contributed by atoms with E-state index in [0.29, 0.717) is 6.07 Å². The zero-order chi connectivity index (χ0) is 26.0. The maximum Gasteiger partial charge on any atom is 0.416 e. The highest BCUT2D eigenvalue weighted by atomic mass is 32.2. The molecule has 0 N–H and O–H groups in total. The van der Waals surface area contributed by atoms with Gasteiger partial charge in [-0.25, -0.2) is 21.6 Å². The van der Waals surface area contributed by atoms with E-state index < -0.39 is 52.8 Å². The second-order valence-corrected chi connectivity index (χ2v) is 9.94. The number of halogens is 6. The summed E-state index contributed by atoms with van der Waals surface area (Å²) in [5.41, 5.74) is -1.39. The Bertz CT molecular complexity index is 1180. The molecule has 3 rings (SSSR count). The van der Waals surface area contributed by atoms with Crippen LogP contribution in [0.5, 0.6) is 5.75 Å². The molecule has 1 saturated heterocycles. The first-order valence-electron chi connectivity index (χ1n) is 10.4. The minimum absolute atomic E-state index is 0.0253. The summed E-state index contributed by atoms with van der Waals surface area (Å²) in [6, 6.07) is 5.55. The van der Waals surface area contributed by atoms with Gasteiger partial charge in [-0.3, -0.25) is 4.79 Å². The number of alkyl halides is 5. The molecule has 0 spiro atoms. The number of piperazine rings is 1. The highest BCUT2D eigenvalue weighted by molar-refractivity contribution is 7.90. The van der Waals surface area contributed by atoms with E-state index in [1.807, 2.05) is 0 Å². The number of benzene rings is 2. The fourth-order valence-corrected chi connectivity index (χ4v) is 4.20. The van der Waals surface area contributed by atoms with Crippen LogP contribution >= 0.6 is 0 Å². The van der Waals surface area contributed by atoms with Crippen LogP contribution in [0.4, 0.5) is 32.0 Å². The third kappa shape index (κ3) is 6.19. The summed E-state index contributed by atoms with van der Waals surface area (Å²) in [5.74, 6) is -1.92. The van der Waals surface area contributed by atoms with Crippen LogP contribution in [0.3, 0.4) is 0 Å². The highest BCUT2D eigenvalue weighted by Gasteiger charge is 2.32. The smallest absolute Gasteiger partial charge is 0.416 e. The molecular weight excluding hydrogens is 502 g/mol. The number of amides is 1. The lowest BCUT2D eigenvalue weighted by Gasteiger charge is -2.36. The number of ether oxygens (including phenoxy) is 1. The van der Waals surface area contributed by atoms with Crippen LogP contribution < -0.4 is 9.64 Å². The molecule has 13 heteroatoms. The Labute approximate surface area is 198 Å². The normalized spacial score (nSPS) is 15.0. The molecule has 0 bridgehead atoms. The zero-order valence-corrected chi connectivity index (χ0v) is 19.3. The molecule has 35 heavy (non-hydrogen) atoms. The number of carbonyl (C=O) groups excluding carboxylic acids is 1. The van der Waals surface area contributed by atoms with E-state index >= 15 is 0 Å². The predicted molar refractivity (Wildman–Crippen MR) is 115 cm³/mol. The molecule has 1 aliphatic rings. The summed E-state index contributed by atoms with van der Waals surface area (Å²) < 4.78 is 108. The minimum atomic E-state index is -4.69. The lowest BCUT2D eigenvalue weighted by atomic mass is 10.1. The molecule has 6 nitrogen and oxygen atoms in total. The summed E-state index contributed by atoms with van der Waals surface area (Å²) >= 11 is 0. The van der Waals surface area contributed by atoms with Crippen molar-refractivity contribution in [3.63, 3.8) is 0 Å². The van der Waals surface area contributed by atoms with E-state index in [-0.39, 0.29) is 48.1 Å². The molecule has 1 aliphatic heterocycles. The molecule has 0 saturated carbocycles. The van der Waals surface area contributed by atoms with Gasteiger partial charge in [0.25, 0.3) is 5.91 Å². The van der Waals surface area contributed by atoms with Crippen molar-refractivity contribution < 1.29 is 44.3 Å². The molecule has 2 aromatic carbocycles. The van der Waals surface area contributed by atoms with Crippen molar-refractivity contribution >= 4 is 21.4 Å². The van der Waals surface area contributed by atoms with Crippen molar-refractivity contribution in [1.82, 2.24) is 4.90 Å². The number of anilines is 1. The number of rotatable bonds is 7. The molecule has 0 aliphatic carbocycles. The van der Waals surface area contributed by atoms with Crippen LogP contribution in [0.2, 0.25) is 0 Å². The molecule has 0 aromatic heterocycles. The molecule has 0 atom stereocenters. The maximum atomic E-state index is 14.3. The zero-order valence-electron chi connectivity index (χ0n) is 18.5. The Balaban J connectivity index is 1.81. The first-order chi connectivity index (χ1) is 16.3. The van der Waals surface area contributed by atoms with Crippen LogP contribution in [-0.2, 0) is 16.0 Å². The van der Waals surface area contributed by atoms with Crippen molar-refractivity contribution in [3.8, 4) is 5.75 Å². The number of sulfone groups is 1. The fourth-order valence-electron chi connectivity index (χ4n) is 3.55. The maximum absolute atomic E-state index is 14.3. The van der Waals surface area contributed by atoms with Crippen molar-refractivity contribution in [2.75, 3.05) is 50.7 Å². The number of nitrogens with zero attached hydrogens (tertiary/aromatic N) is 2. The fraction of sp³-hybridized carbons (Fsp3) is 0.409. The predicted octanol–water partition coefficient (Wildman–Crippen LogP) is 3.90. The average molecular weight is 524 g/mol. The van der Waals surface area contributed by atoms with E-state index in [4.69, 9.17) is 4.74 Å². The van der Waals surface area contributed by atoms with Gasteiger partial charge in [-0.15, -0.1) is 0 Å². The van der Waals surface area contributed by atoms with Gasteiger partial charge in [0.15, 0.2) is 15.9 Å². The average Bonchev–Trinajstić information content (AvgIpc) is 2.81. The number of carbonyl (C=O) groups is 1. The van der Waals surface area contributed by atoms with Crippen LogP contribution in [0, 0.1) is 5.82 Å². The standard InChI is InChI=1S/C22H22F6N2O4S/c1-35(32,33)16-3-5-20(34-15(12-23)13-24)17(11-16)21(31)30-8-6-29(7-9-30)19-4-2-14(10-18(19)25)22(26,27)28/h2-5,10-11,15H,6-9,12-13H2,1H3. The molecule has 0 radical (unpaired) electrons. The lowest BCUT2D eigenvalue weighted by molar-refractivity contribution is -0.137. The molecule has 1 amide bonds. The van der Waals surface area contributed by atoms with Crippen LogP contribution in [-0.4, -0.2) is 71.1 Å². The first kappa shape index (κ1) is 26.6. The van der Waals surface area contributed by atoms with Crippen LogP contribution in [0.1, 0.15) is 15.9 Å². The van der Waals surface area contributed by atoms with E-state index in [1.165, 1.54) is 9.80 Å². The molecular formula is C22H22F6N2O4S. The monoisotopic (exact) mass is 524 g/mol. The van der Waals surface area contributed by atoms with Gasteiger partial charge in [-0.2, -0.15) is 13.2 Å². The van der Waals surface area contributed by atoms with Crippen LogP contribution in [0.15, 0.2) is 41.3 Å². The van der Waals surface area contributed by atoms with E-state index in [2.05, 4.69) is 0 Å². The van der Waals surface area contributed by atoms with Gasteiger partial charge in [0.1, 0.15) is 24.9 Å². The molecule has 1 heterocycles. The largest absolute Gasteiger partial charge is 0.484 e. The quantitative estimate of drug-likeness (QED) is 0.515. The Morgan fingerprint density at radius 1 is 1.03 bits per heavy atom. The third-order valence-electron chi connectivity index (χ3n) is 5.43. The lowest BCUT2D eigenvalue weighted by Crippen LogP contribution is -2.49. The van der Waals surface area contributed by atoms with Crippen molar-refractivity contribution in [3.05, 3.63) is 53.3 Å². The number of hydrogen-bond acceptors (Lipinski definition) is 5. The van der Waals surface area contributed by atoms with Gasteiger partial charge < -0.3 is 14.5 Å². The van der Waals surface area contributed by atoms with Crippen LogP contribution in [0.25, 0.3) is 0 Å². The van der Waals surface area contributed by atoms with Gasteiger partial charge in [-0.1, -0.05) is 0 Å². The summed E-state index contributed by atoms with van der Waals surface area (Å²) in [7, 11) is -3.71. The van der Waals surface area contributed by atoms with Gasteiger partial charge >= 0.3 is 6.18 Å². The Morgan fingerprint density at radius 3 is 2.17 bits per heavy atom. The van der Waals surface area contributed by atoms with E-state index in [0.717, 1.165) is 36.6 Å². The molecule has 0 unspecified atom stereocenters.